The molecule has 1 amide bonds. The van der Waals surface area contributed by atoms with E-state index in [1.165, 1.54) is 10.4 Å². The van der Waals surface area contributed by atoms with E-state index in [4.69, 9.17) is 4.74 Å². The number of rotatable bonds is 6. The topological polar surface area (TPSA) is 41.6 Å². The molecule has 0 bridgehead atoms. The maximum Gasteiger partial charge on any atom is 0.234 e. The van der Waals surface area contributed by atoms with Crippen molar-refractivity contribution in [3.8, 4) is 5.75 Å². The molecule has 1 aromatic carbocycles. The fourth-order valence-corrected chi connectivity index (χ4v) is 4.06. The number of carbonyl (C=O) groups is 1. The summed E-state index contributed by atoms with van der Waals surface area (Å²) in [6.07, 6.45) is 2.20. The van der Waals surface area contributed by atoms with E-state index < -0.39 is 0 Å². The predicted octanol–water partition coefficient (Wildman–Crippen LogP) is 3.77. The zero-order valence-corrected chi connectivity index (χ0v) is 15.0. The fraction of sp³-hybridized carbons (Fsp3) is 0.421. The summed E-state index contributed by atoms with van der Waals surface area (Å²) in [5.74, 6) is 0.959. The summed E-state index contributed by atoms with van der Waals surface area (Å²) in [5, 5.41) is 5.15. The third-order valence-electron chi connectivity index (χ3n) is 4.54. The normalized spacial score (nSPS) is 19.2. The van der Waals surface area contributed by atoms with Crippen molar-refractivity contribution in [2.24, 2.45) is 0 Å². The molecule has 2 heterocycles. The number of hydrogen-bond acceptors (Lipinski definition) is 4. The number of likely N-dealkylation sites (tertiary alicyclic amines) is 1. The highest BCUT2D eigenvalue weighted by Crippen LogP contribution is 2.33. The molecule has 1 aromatic heterocycles. The Morgan fingerprint density at radius 3 is 3.04 bits per heavy atom. The van der Waals surface area contributed by atoms with Crippen molar-refractivity contribution in [1.82, 2.24) is 10.2 Å². The van der Waals surface area contributed by atoms with Crippen LogP contribution in [-0.4, -0.2) is 31.0 Å². The van der Waals surface area contributed by atoms with Crippen molar-refractivity contribution in [2.75, 3.05) is 20.2 Å². The molecule has 1 aliphatic rings. The van der Waals surface area contributed by atoms with E-state index in [1.807, 2.05) is 30.5 Å². The lowest BCUT2D eigenvalue weighted by atomic mass is 10.0. The number of nitrogens with zero attached hydrogens (tertiary/aromatic N) is 1. The second-order valence-corrected chi connectivity index (χ2v) is 7.19. The molecule has 5 heteroatoms. The SMILES string of the molecule is COc1cccc(C2CCCN2CC(=O)NC(C)c2cccs2)c1. The number of hydrogen-bond donors (Lipinski definition) is 1. The van der Waals surface area contributed by atoms with E-state index >= 15 is 0 Å². The molecule has 128 valence electrons. The molecule has 0 radical (unpaired) electrons. The van der Waals surface area contributed by atoms with E-state index in [0.29, 0.717) is 12.6 Å². The molecule has 1 aliphatic heterocycles. The second kappa shape index (κ2) is 7.81. The Bertz CT molecular complexity index is 672. The van der Waals surface area contributed by atoms with Crippen LogP contribution in [0.4, 0.5) is 0 Å². The van der Waals surface area contributed by atoms with Gasteiger partial charge in [0, 0.05) is 10.9 Å². The molecule has 3 rings (SSSR count). The first-order valence-corrected chi connectivity index (χ1v) is 9.26. The molecule has 1 saturated heterocycles. The third-order valence-corrected chi connectivity index (χ3v) is 5.59. The summed E-state index contributed by atoms with van der Waals surface area (Å²) >= 11 is 1.68. The van der Waals surface area contributed by atoms with Gasteiger partial charge in [-0.3, -0.25) is 9.69 Å². The van der Waals surface area contributed by atoms with Crippen LogP contribution in [0.2, 0.25) is 0 Å². The standard InChI is InChI=1S/C19H24N2O2S/c1-14(18-9-5-11-24-18)20-19(22)13-21-10-4-8-17(21)15-6-3-7-16(12-15)23-2/h3,5-7,9,11-12,14,17H,4,8,10,13H2,1-2H3,(H,20,22). The van der Waals surface area contributed by atoms with Gasteiger partial charge < -0.3 is 10.1 Å². The van der Waals surface area contributed by atoms with Gasteiger partial charge in [0.2, 0.25) is 5.91 Å². The van der Waals surface area contributed by atoms with Crippen molar-refractivity contribution in [3.63, 3.8) is 0 Å². The van der Waals surface area contributed by atoms with Crippen LogP contribution in [0, 0.1) is 0 Å². The Morgan fingerprint density at radius 1 is 1.42 bits per heavy atom. The largest absolute Gasteiger partial charge is 0.497 e. The quantitative estimate of drug-likeness (QED) is 0.867. The van der Waals surface area contributed by atoms with Crippen LogP contribution >= 0.6 is 11.3 Å². The van der Waals surface area contributed by atoms with Gasteiger partial charge in [-0.05, 0) is 55.5 Å². The van der Waals surface area contributed by atoms with Crippen LogP contribution in [0.1, 0.15) is 42.3 Å². The minimum absolute atomic E-state index is 0.0652. The monoisotopic (exact) mass is 344 g/mol. The van der Waals surface area contributed by atoms with Gasteiger partial charge in [0.05, 0.1) is 19.7 Å². The van der Waals surface area contributed by atoms with E-state index in [-0.39, 0.29) is 11.9 Å². The van der Waals surface area contributed by atoms with Gasteiger partial charge in [-0.2, -0.15) is 0 Å². The number of ether oxygens (including phenoxy) is 1. The Labute approximate surface area is 147 Å². The second-order valence-electron chi connectivity index (χ2n) is 6.21. The molecular weight excluding hydrogens is 320 g/mol. The van der Waals surface area contributed by atoms with Gasteiger partial charge in [0.15, 0.2) is 0 Å². The molecule has 0 spiro atoms. The van der Waals surface area contributed by atoms with Crippen LogP contribution in [0.3, 0.4) is 0 Å². The van der Waals surface area contributed by atoms with Crippen LogP contribution in [-0.2, 0) is 4.79 Å². The molecule has 4 nitrogen and oxygen atoms in total. The van der Waals surface area contributed by atoms with Crippen molar-refractivity contribution in [1.29, 1.82) is 0 Å². The first kappa shape index (κ1) is 17.0. The lowest BCUT2D eigenvalue weighted by Crippen LogP contribution is -2.37. The Morgan fingerprint density at radius 2 is 2.29 bits per heavy atom. The molecule has 24 heavy (non-hydrogen) atoms. The summed E-state index contributed by atoms with van der Waals surface area (Å²) in [6.45, 7) is 3.44. The number of amides is 1. The van der Waals surface area contributed by atoms with Crippen molar-refractivity contribution >= 4 is 17.2 Å². The number of nitrogens with one attached hydrogen (secondary N) is 1. The summed E-state index contributed by atoms with van der Waals surface area (Å²) in [5.41, 5.74) is 1.23. The Kier molecular flexibility index (Phi) is 5.53. The molecule has 2 aromatic rings. The summed E-state index contributed by atoms with van der Waals surface area (Å²) < 4.78 is 5.33. The van der Waals surface area contributed by atoms with E-state index in [2.05, 4.69) is 28.4 Å². The number of thiophene rings is 1. The van der Waals surface area contributed by atoms with Crippen LogP contribution in [0.5, 0.6) is 5.75 Å². The Hall–Kier alpha value is -1.85. The zero-order chi connectivity index (χ0) is 16.9. The van der Waals surface area contributed by atoms with Gasteiger partial charge in [0.1, 0.15) is 5.75 Å². The minimum atomic E-state index is 0.0652. The fourth-order valence-electron chi connectivity index (χ4n) is 3.32. The smallest absolute Gasteiger partial charge is 0.234 e. The third kappa shape index (κ3) is 3.97. The first-order chi connectivity index (χ1) is 11.7. The molecule has 2 unspecified atom stereocenters. The van der Waals surface area contributed by atoms with E-state index in [9.17, 15) is 4.79 Å². The molecule has 0 saturated carbocycles. The maximum absolute atomic E-state index is 12.4. The van der Waals surface area contributed by atoms with E-state index in [0.717, 1.165) is 25.1 Å². The first-order valence-electron chi connectivity index (χ1n) is 8.38. The van der Waals surface area contributed by atoms with Gasteiger partial charge in [-0.1, -0.05) is 18.2 Å². The van der Waals surface area contributed by atoms with Gasteiger partial charge in [-0.25, -0.2) is 0 Å². The van der Waals surface area contributed by atoms with Crippen molar-refractivity contribution in [3.05, 3.63) is 52.2 Å². The van der Waals surface area contributed by atoms with Crippen molar-refractivity contribution < 1.29 is 9.53 Å². The average molecular weight is 344 g/mol. The van der Waals surface area contributed by atoms with Crippen LogP contribution in [0.25, 0.3) is 0 Å². The highest BCUT2D eigenvalue weighted by Gasteiger charge is 2.28. The van der Waals surface area contributed by atoms with Gasteiger partial charge in [0.25, 0.3) is 0 Å². The Balaban J connectivity index is 1.62. The number of carbonyl (C=O) groups excluding carboxylic acids is 1. The number of methoxy groups -OCH3 is 1. The maximum atomic E-state index is 12.4. The highest BCUT2D eigenvalue weighted by atomic mass is 32.1. The molecular formula is C19H24N2O2S. The summed E-state index contributed by atoms with van der Waals surface area (Å²) in [7, 11) is 1.69. The van der Waals surface area contributed by atoms with Crippen molar-refractivity contribution in [2.45, 2.75) is 31.8 Å². The van der Waals surface area contributed by atoms with Gasteiger partial charge >= 0.3 is 0 Å². The van der Waals surface area contributed by atoms with Crippen LogP contribution < -0.4 is 10.1 Å². The minimum Gasteiger partial charge on any atom is -0.497 e. The van der Waals surface area contributed by atoms with Crippen LogP contribution in [0.15, 0.2) is 41.8 Å². The predicted molar refractivity (Wildman–Crippen MR) is 97.4 cm³/mol. The van der Waals surface area contributed by atoms with E-state index in [1.54, 1.807) is 18.4 Å². The highest BCUT2D eigenvalue weighted by molar-refractivity contribution is 7.10. The summed E-state index contributed by atoms with van der Waals surface area (Å²) in [4.78, 5) is 15.9. The molecule has 2 atom stereocenters. The lowest BCUT2D eigenvalue weighted by Gasteiger charge is -2.25. The summed E-state index contributed by atoms with van der Waals surface area (Å²) in [6, 6.07) is 12.6. The van der Waals surface area contributed by atoms with Gasteiger partial charge in [-0.15, -0.1) is 11.3 Å². The molecule has 1 fully saturated rings. The zero-order valence-electron chi connectivity index (χ0n) is 14.2. The molecule has 1 N–H and O–H groups in total. The lowest BCUT2D eigenvalue weighted by molar-refractivity contribution is -0.123. The number of benzene rings is 1. The molecule has 0 aliphatic carbocycles. The average Bonchev–Trinajstić information content (AvgIpc) is 3.26.